The van der Waals surface area contributed by atoms with Gasteiger partial charge in [-0.2, -0.15) is 0 Å². The molecule has 1 aromatic carbocycles. The van der Waals surface area contributed by atoms with E-state index in [1.807, 2.05) is 52.1 Å². The van der Waals surface area contributed by atoms with Gasteiger partial charge in [-0.3, -0.25) is 0 Å². The van der Waals surface area contributed by atoms with E-state index in [1.54, 1.807) is 32.6 Å². The lowest BCUT2D eigenvalue weighted by molar-refractivity contribution is -0.145. The van der Waals surface area contributed by atoms with Crippen LogP contribution in [0.5, 0.6) is 5.75 Å². The van der Waals surface area contributed by atoms with Gasteiger partial charge < -0.3 is 28.7 Å². The topological polar surface area (TPSA) is 94.6 Å². The molecule has 0 atom stereocenters. The fraction of sp³-hybridized carbons (Fsp3) is 0.567. The zero-order valence-electron chi connectivity index (χ0n) is 25.2. The number of rotatable bonds is 8. The normalized spacial score (nSPS) is 14.4. The molecule has 1 saturated heterocycles. The predicted molar refractivity (Wildman–Crippen MR) is 161 cm³/mol. The van der Waals surface area contributed by atoms with Crippen LogP contribution in [0.2, 0.25) is 5.02 Å². The van der Waals surface area contributed by atoms with E-state index in [9.17, 15) is 14.4 Å². The fourth-order valence-electron chi connectivity index (χ4n) is 4.34. The third-order valence-electron chi connectivity index (χ3n) is 6.21. The predicted octanol–water partition coefficient (Wildman–Crippen LogP) is 6.80. The molecule has 0 aliphatic carbocycles. The number of anilines is 1. The number of thiophene rings is 1. The van der Waals surface area contributed by atoms with Crippen LogP contribution in [0.4, 0.5) is 10.5 Å². The van der Waals surface area contributed by atoms with Crippen molar-refractivity contribution in [3.05, 3.63) is 34.2 Å². The monoisotopic (exact) mass is 608 g/mol. The number of halogens is 1. The van der Waals surface area contributed by atoms with Gasteiger partial charge in [-0.1, -0.05) is 23.7 Å². The highest BCUT2D eigenvalue weighted by Crippen LogP contribution is 2.46. The van der Waals surface area contributed by atoms with Crippen LogP contribution < -0.4 is 9.64 Å². The highest BCUT2D eigenvalue weighted by atomic mass is 35.5. The highest BCUT2D eigenvalue weighted by Gasteiger charge is 2.31. The maximum absolute atomic E-state index is 13.1. The van der Waals surface area contributed by atoms with Gasteiger partial charge in [0.2, 0.25) is 0 Å². The Balaban J connectivity index is 1.83. The first-order valence-corrected chi connectivity index (χ1v) is 14.9. The second-order valence-electron chi connectivity index (χ2n) is 11.9. The largest absolute Gasteiger partial charge is 0.479 e. The molecule has 0 N–H and O–H groups in total. The van der Waals surface area contributed by atoms with Gasteiger partial charge in [-0.15, -0.1) is 11.3 Å². The maximum atomic E-state index is 13.1. The van der Waals surface area contributed by atoms with Crippen LogP contribution in [0.15, 0.2) is 24.3 Å². The number of nitrogens with zero attached hydrogens (tertiary/aromatic N) is 2. The Kier molecular flexibility index (Phi) is 10.6. The van der Waals surface area contributed by atoms with Gasteiger partial charge in [-0.25, -0.2) is 14.4 Å². The first-order chi connectivity index (χ1) is 19.1. The lowest BCUT2D eigenvalue weighted by atomic mass is 10.0. The van der Waals surface area contributed by atoms with Crippen molar-refractivity contribution in [1.29, 1.82) is 0 Å². The molecular formula is C30H41ClN2O7S. The number of hydrogen-bond acceptors (Lipinski definition) is 9. The van der Waals surface area contributed by atoms with Crippen molar-refractivity contribution >= 4 is 46.7 Å². The number of piperidine rings is 1. The van der Waals surface area contributed by atoms with Gasteiger partial charge >= 0.3 is 18.0 Å². The van der Waals surface area contributed by atoms with Gasteiger partial charge in [0.1, 0.15) is 16.2 Å². The summed E-state index contributed by atoms with van der Waals surface area (Å²) in [5.41, 5.74) is 0.511. The van der Waals surface area contributed by atoms with Crippen LogP contribution >= 0.6 is 22.9 Å². The van der Waals surface area contributed by atoms with Gasteiger partial charge in [0.15, 0.2) is 17.2 Å². The van der Waals surface area contributed by atoms with Gasteiger partial charge in [-0.05, 0) is 79.0 Å². The van der Waals surface area contributed by atoms with Crippen molar-refractivity contribution in [2.75, 3.05) is 38.3 Å². The Morgan fingerprint density at radius 3 is 2.27 bits per heavy atom. The van der Waals surface area contributed by atoms with Crippen molar-refractivity contribution in [3.8, 4) is 16.2 Å². The molecule has 1 aliphatic heterocycles. The molecule has 1 aromatic heterocycles. The van der Waals surface area contributed by atoms with Crippen LogP contribution in [-0.4, -0.2) is 73.5 Å². The number of carbonyl (C=O) groups excluding carboxylic acids is 3. The Labute approximate surface area is 251 Å². The minimum Gasteiger partial charge on any atom is -0.479 e. The van der Waals surface area contributed by atoms with E-state index < -0.39 is 23.1 Å². The van der Waals surface area contributed by atoms with Crippen molar-refractivity contribution in [1.82, 2.24) is 4.90 Å². The van der Waals surface area contributed by atoms with Crippen LogP contribution in [0.3, 0.4) is 0 Å². The Morgan fingerprint density at radius 1 is 1.05 bits per heavy atom. The molecule has 9 nitrogen and oxygen atoms in total. The number of benzene rings is 1. The molecule has 0 unspecified atom stereocenters. The molecule has 3 rings (SSSR count). The average Bonchev–Trinajstić information content (AvgIpc) is 3.21. The molecule has 0 bridgehead atoms. The first kappa shape index (κ1) is 32.5. The SMILES string of the molecule is CCOC(=O)COc1c(C(=O)OC(C)(C)C)sc(-c2cccc(N(C)C3CCN(C(=O)OC(C)(C)C)CC3)c2)c1Cl. The van der Waals surface area contributed by atoms with E-state index in [0.717, 1.165) is 35.4 Å². The van der Waals surface area contributed by atoms with E-state index in [2.05, 4.69) is 4.90 Å². The zero-order chi connectivity index (χ0) is 30.5. The Bertz CT molecular complexity index is 1240. The summed E-state index contributed by atoms with van der Waals surface area (Å²) in [6.45, 7) is 13.7. The number of hydrogen-bond donors (Lipinski definition) is 0. The third-order valence-corrected chi connectivity index (χ3v) is 7.89. The quantitative estimate of drug-likeness (QED) is 0.238. The van der Waals surface area contributed by atoms with E-state index in [0.29, 0.717) is 18.0 Å². The third kappa shape index (κ3) is 9.00. The molecular weight excluding hydrogens is 568 g/mol. The molecule has 2 aromatic rings. The summed E-state index contributed by atoms with van der Waals surface area (Å²) in [6, 6.07) is 8.08. The molecule has 1 fully saturated rings. The van der Waals surface area contributed by atoms with E-state index in [-0.39, 0.29) is 41.0 Å². The molecule has 0 saturated carbocycles. The lowest BCUT2D eigenvalue weighted by Gasteiger charge is -2.38. The van der Waals surface area contributed by atoms with Crippen molar-refractivity contribution in [2.45, 2.75) is 78.6 Å². The maximum Gasteiger partial charge on any atom is 0.410 e. The van der Waals surface area contributed by atoms with Crippen molar-refractivity contribution in [3.63, 3.8) is 0 Å². The Morgan fingerprint density at radius 2 is 1.68 bits per heavy atom. The standard InChI is InChI=1S/C30H41ClN2O7S/c1-9-37-22(34)18-38-24-23(31)25(41-26(24)27(35)39-29(2,3)4)19-11-10-12-21(17-19)32(8)20-13-15-33(16-14-20)28(36)40-30(5,6)7/h10-12,17,20H,9,13-16,18H2,1-8H3. The second kappa shape index (κ2) is 13.3. The lowest BCUT2D eigenvalue weighted by Crippen LogP contribution is -2.47. The number of amides is 1. The van der Waals surface area contributed by atoms with Crippen LogP contribution in [0.25, 0.3) is 10.4 Å². The van der Waals surface area contributed by atoms with Gasteiger partial charge in [0.25, 0.3) is 0 Å². The molecule has 1 amide bonds. The summed E-state index contributed by atoms with van der Waals surface area (Å²) in [6.07, 6.45) is 1.32. The summed E-state index contributed by atoms with van der Waals surface area (Å²) in [5, 5.41) is 0.227. The highest BCUT2D eigenvalue weighted by molar-refractivity contribution is 7.18. The molecule has 226 valence electrons. The summed E-state index contributed by atoms with van der Waals surface area (Å²) < 4.78 is 21.8. The van der Waals surface area contributed by atoms with E-state index >= 15 is 0 Å². The number of ether oxygens (including phenoxy) is 4. The van der Waals surface area contributed by atoms with Crippen molar-refractivity contribution < 1.29 is 33.3 Å². The minimum atomic E-state index is -0.728. The Hall–Kier alpha value is -2.98. The van der Waals surface area contributed by atoms with Gasteiger partial charge in [0, 0.05) is 31.9 Å². The first-order valence-electron chi connectivity index (χ1n) is 13.7. The molecule has 0 spiro atoms. The smallest absolute Gasteiger partial charge is 0.410 e. The number of carbonyl (C=O) groups is 3. The summed E-state index contributed by atoms with van der Waals surface area (Å²) in [4.78, 5) is 42.3. The molecule has 11 heteroatoms. The van der Waals surface area contributed by atoms with Crippen molar-refractivity contribution in [2.24, 2.45) is 0 Å². The molecule has 0 radical (unpaired) electrons. The molecule has 1 aliphatic rings. The molecule has 2 heterocycles. The molecule has 41 heavy (non-hydrogen) atoms. The van der Waals surface area contributed by atoms with Crippen LogP contribution in [-0.2, 0) is 19.0 Å². The zero-order valence-corrected chi connectivity index (χ0v) is 26.7. The van der Waals surface area contributed by atoms with E-state index in [4.69, 9.17) is 30.5 Å². The fourth-order valence-corrected chi connectivity index (χ4v) is 5.78. The van der Waals surface area contributed by atoms with Gasteiger partial charge in [0.05, 0.1) is 11.5 Å². The second-order valence-corrected chi connectivity index (χ2v) is 13.3. The van der Waals surface area contributed by atoms with Crippen LogP contribution in [0.1, 0.15) is 71.0 Å². The average molecular weight is 609 g/mol. The minimum absolute atomic E-state index is 0.0993. The summed E-state index contributed by atoms with van der Waals surface area (Å²) >= 11 is 7.93. The summed E-state index contributed by atoms with van der Waals surface area (Å²) in [5.74, 6) is -1.05. The number of likely N-dealkylation sites (tertiary alicyclic amines) is 1. The van der Waals surface area contributed by atoms with E-state index in [1.165, 1.54) is 0 Å². The summed E-state index contributed by atoms with van der Waals surface area (Å²) in [7, 11) is 2.03. The van der Waals surface area contributed by atoms with Crippen LogP contribution in [0, 0.1) is 0 Å². The number of esters is 2.